The molecule has 0 aromatic heterocycles. The van der Waals surface area contributed by atoms with E-state index in [1.807, 2.05) is 30.4 Å². The molecule has 0 aliphatic rings. The van der Waals surface area contributed by atoms with Gasteiger partial charge in [0.1, 0.15) is 0 Å². The Kier molecular flexibility index (Phi) is 8.17. The lowest BCUT2D eigenvalue weighted by Gasteiger charge is -2.21. The van der Waals surface area contributed by atoms with E-state index < -0.39 is 6.10 Å². The molecule has 2 rings (SSSR count). The van der Waals surface area contributed by atoms with Gasteiger partial charge in [0.15, 0.2) is 23.0 Å². The van der Waals surface area contributed by atoms with Gasteiger partial charge >= 0.3 is 0 Å². The second-order valence-electron chi connectivity index (χ2n) is 6.25. The molecule has 28 heavy (non-hydrogen) atoms. The zero-order chi connectivity index (χ0) is 20.5. The molecular formula is C22H28O6. The Bertz CT molecular complexity index is 787. The molecule has 2 aromatic carbocycles. The van der Waals surface area contributed by atoms with Crippen molar-refractivity contribution in [3.8, 4) is 23.0 Å². The van der Waals surface area contributed by atoms with E-state index in [1.54, 1.807) is 46.6 Å². The summed E-state index contributed by atoms with van der Waals surface area (Å²) in [4.78, 5) is 0. The summed E-state index contributed by atoms with van der Waals surface area (Å²) in [5.41, 5.74) is 1.60. The molecule has 0 saturated carbocycles. The molecule has 0 saturated heterocycles. The Morgan fingerprint density at radius 3 is 1.96 bits per heavy atom. The summed E-state index contributed by atoms with van der Waals surface area (Å²) < 4.78 is 21.0. The fraction of sp³-hybridized carbons (Fsp3) is 0.364. The highest BCUT2D eigenvalue weighted by molar-refractivity contribution is 5.56. The first-order valence-electron chi connectivity index (χ1n) is 8.97. The monoisotopic (exact) mass is 388 g/mol. The number of hydrogen-bond donors (Lipinski definition) is 2. The van der Waals surface area contributed by atoms with E-state index in [2.05, 4.69) is 0 Å². The molecule has 2 atom stereocenters. The first kappa shape index (κ1) is 21.6. The van der Waals surface area contributed by atoms with Crippen molar-refractivity contribution in [1.82, 2.24) is 0 Å². The summed E-state index contributed by atoms with van der Waals surface area (Å²) in [6.07, 6.45) is 3.51. The van der Waals surface area contributed by atoms with Gasteiger partial charge < -0.3 is 29.2 Å². The zero-order valence-corrected chi connectivity index (χ0v) is 16.7. The number of methoxy groups -OCH3 is 4. The highest BCUT2D eigenvalue weighted by Gasteiger charge is 2.20. The number of aliphatic hydroxyl groups is 2. The Morgan fingerprint density at radius 2 is 1.39 bits per heavy atom. The predicted octanol–water partition coefficient (Wildman–Crippen LogP) is 3.47. The van der Waals surface area contributed by atoms with Gasteiger partial charge in [0.25, 0.3) is 0 Å². The smallest absolute Gasteiger partial charge is 0.161 e. The van der Waals surface area contributed by atoms with Crippen LogP contribution in [0.5, 0.6) is 23.0 Å². The van der Waals surface area contributed by atoms with Crippen LogP contribution in [0.1, 0.15) is 23.7 Å². The summed E-state index contributed by atoms with van der Waals surface area (Å²) in [5, 5.41) is 20.4. The first-order valence-corrected chi connectivity index (χ1v) is 8.97. The molecular weight excluding hydrogens is 360 g/mol. The average molecular weight is 388 g/mol. The molecule has 0 bridgehead atoms. The van der Waals surface area contributed by atoms with Gasteiger partial charge in [-0.15, -0.1) is 0 Å². The number of benzene rings is 2. The lowest BCUT2D eigenvalue weighted by atomic mass is 9.93. The molecule has 152 valence electrons. The number of rotatable bonds is 10. The van der Waals surface area contributed by atoms with Gasteiger partial charge in [0.05, 0.1) is 34.5 Å². The molecule has 0 amide bonds. The van der Waals surface area contributed by atoms with Gasteiger partial charge in [-0.1, -0.05) is 24.3 Å². The molecule has 2 aromatic rings. The van der Waals surface area contributed by atoms with Crippen LogP contribution in [0, 0.1) is 5.92 Å². The van der Waals surface area contributed by atoms with E-state index in [0.29, 0.717) is 35.0 Å². The lowest BCUT2D eigenvalue weighted by Crippen LogP contribution is -2.16. The fourth-order valence-corrected chi connectivity index (χ4v) is 2.95. The molecule has 0 aliphatic carbocycles. The minimum absolute atomic E-state index is 0.147. The topological polar surface area (TPSA) is 77.4 Å². The number of aliphatic hydroxyl groups excluding tert-OH is 2. The van der Waals surface area contributed by atoms with Crippen LogP contribution >= 0.6 is 0 Å². The lowest BCUT2D eigenvalue weighted by molar-refractivity contribution is 0.0682. The highest BCUT2D eigenvalue weighted by atomic mass is 16.5. The van der Waals surface area contributed by atoms with Crippen LogP contribution in [0.15, 0.2) is 42.5 Å². The van der Waals surface area contributed by atoms with Crippen LogP contribution < -0.4 is 18.9 Å². The minimum Gasteiger partial charge on any atom is -0.493 e. The van der Waals surface area contributed by atoms with Crippen LogP contribution in [0.4, 0.5) is 0 Å². The number of ether oxygens (including phenoxy) is 4. The molecule has 0 aliphatic heterocycles. The van der Waals surface area contributed by atoms with Crippen molar-refractivity contribution in [1.29, 1.82) is 0 Å². The maximum Gasteiger partial charge on any atom is 0.161 e. The Morgan fingerprint density at radius 1 is 0.821 bits per heavy atom. The van der Waals surface area contributed by atoms with Crippen molar-refractivity contribution in [2.75, 3.05) is 35.0 Å². The number of hydrogen-bond acceptors (Lipinski definition) is 6. The highest BCUT2D eigenvalue weighted by Crippen LogP contribution is 2.33. The van der Waals surface area contributed by atoms with Gasteiger partial charge in [0, 0.05) is 12.5 Å². The van der Waals surface area contributed by atoms with Gasteiger partial charge in [-0.25, -0.2) is 0 Å². The third kappa shape index (κ3) is 5.18. The molecule has 6 heteroatoms. The van der Waals surface area contributed by atoms with Crippen LogP contribution in [-0.4, -0.2) is 45.3 Å². The van der Waals surface area contributed by atoms with Crippen LogP contribution in [0.3, 0.4) is 0 Å². The largest absolute Gasteiger partial charge is 0.493 e. The van der Waals surface area contributed by atoms with Crippen molar-refractivity contribution in [2.45, 2.75) is 12.5 Å². The van der Waals surface area contributed by atoms with Crippen LogP contribution in [-0.2, 0) is 0 Å². The molecule has 0 fully saturated rings. The Balaban J connectivity index is 2.10. The maximum absolute atomic E-state index is 10.7. The second kappa shape index (κ2) is 10.6. The fourth-order valence-electron chi connectivity index (χ4n) is 2.95. The summed E-state index contributed by atoms with van der Waals surface area (Å²) >= 11 is 0. The van der Waals surface area contributed by atoms with E-state index >= 15 is 0 Å². The van der Waals surface area contributed by atoms with Crippen LogP contribution in [0.25, 0.3) is 6.08 Å². The van der Waals surface area contributed by atoms with Crippen molar-refractivity contribution in [2.24, 2.45) is 5.92 Å². The van der Waals surface area contributed by atoms with E-state index in [4.69, 9.17) is 18.9 Å². The Hall–Kier alpha value is -2.70. The van der Waals surface area contributed by atoms with Crippen molar-refractivity contribution < 1.29 is 29.2 Å². The Labute approximate surface area is 165 Å². The molecule has 0 unspecified atom stereocenters. The van der Waals surface area contributed by atoms with E-state index in [1.165, 1.54) is 0 Å². The third-order valence-electron chi connectivity index (χ3n) is 4.59. The van der Waals surface area contributed by atoms with E-state index in [-0.39, 0.29) is 12.5 Å². The standard InChI is InChI=1S/C22H28O6/c1-25-18-10-8-15(12-20(18)27-3)6-5-7-17(14-23)22(24)16-9-11-19(26-2)21(13-16)28-4/h5-6,8-13,17,22-24H,7,14H2,1-4H3/b6-5+/t17-,22+/m1/s1. The van der Waals surface area contributed by atoms with Crippen molar-refractivity contribution in [3.05, 3.63) is 53.6 Å². The van der Waals surface area contributed by atoms with E-state index in [0.717, 1.165) is 5.56 Å². The summed E-state index contributed by atoms with van der Waals surface area (Å²) in [6, 6.07) is 10.9. The molecule has 0 spiro atoms. The summed E-state index contributed by atoms with van der Waals surface area (Å²) in [7, 11) is 6.29. The zero-order valence-electron chi connectivity index (χ0n) is 16.7. The molecule has 0 heterocycles. The van der Waals surface area contributed by atoms with Gasteiger partial charge in [-0.2, -0.15) is 0 Å². The second-order valence-corrected chi connectivity index (χ2v) is 6.25. The third-order valence-corrected chi connectivity index (χ3v) is 4.59. The predicted molar refractivity (Wildman–Crippen MR) is 108 cm³/mol. The minimum atomic E-state index is -0.833. The van der Waals surface area contributed by atoms with Gasteiger partial charge in [0.2, 0.25) is 0 Å². The number of allylic oxidation sites excluding steroid dienone is 1. The molecule has 0 radical (unpaired) electrons. The molecule has 6 nitrogen and oxygen atoms in total. The molecule has 2 N–H and O–H groups in total. The SMILES string of the molecule is COc1ccc(/C=C/C[C@H](CO)[C@@H](O)c2ccc(OC)c(OC)c2)cc1OC. The van der Waals surface area contributed by atoms with Crippen molar-refractivity contribution in [3.63, 3.8) is 0 Å². The van der Waals surface area contributed by atoms with Crippen molar-refractivity contribution >= 4 is 6.08 Å². The first-order chi connectivity index (χ1) is 13.6. The van der Waals surface area contributed by atoms with Gasteiger partial charge in [-0.05, 0) is 41.8 Å². The summed E-state index contributed by atoms with van der Waals surface area (Å²) in [5.74, 6) is 2.09. The van der Waals surface area contributed by atoms with Crippen LogP contribution in [0.2, 0.25) is 0 Å². The van der Waals surface area contributed by atoms with Gasteiger partial charge in [-0.3, -0.25) is 0 Å². The normalized spacial score (nSPS) is 13.2. The van der Waals surface area contributed by atoms with E-state index in [9.17, 15) is 10.2 Å². The summed E-state index contributed by atoms with van der Waals surface area (Å²) in [6.45, 7) is -0.147. The quantitative estimate of drug-likeness (QED) is 0.649. The average Bonchev–Trinajstić information content (AvgIpc) is 2.75. The maximum atomic E-state index is 10.7.